The first-order chi connectivity index (χ1) is 14.0. The van der Waals surface area contributed by atoms with Crippen molar-refractivity contribution >= 4 is 22.4 Å². The third-order valence-electron chi connectivity index (χ3n) is 5.21. The number of nitrogens with one attached hydrogen (secondary N) is 1. The highest BCUT2D eigenvalue weighted by molar-refractivity contribution is 7.18. The fourth-order valence-electron chi connectivity index (χ4n) is 3.57. The molecule has 0 bridgehead atoms. The number of hydrogen-bond acceptors (Lipinski definition) is 6. The number of carbonyl (C=O) groups is 1. The molecule has 1 N–H and O–H groups in total. The normalized spacial score (nSPS) is 15.9. The Balaban J connectivity index is 1.80. The van der Waals surface area contributed by atoms with Gasteiger partial charge in [0.2, 0.25) is 5.91 Å². The molecule has 3 rings (SSSR count). The number of piperazine rings is 1. The number of likely N-dealkylation sites (N-methyl/N-ethyl adjacent to an activating group) is 1. The van der Waals surface area contributed by atoms with Crippen molar-refractivity contribution in [3.05, 3.63) is 36.0 Å². The van der Waals surface area contributed by atoms with Gasteiger partial charge in [0, 0.05) is 32.4 Å². The van der Waals surface area contributed by atoms with Crippen molar-refractivity contribution in [2.75, 3.05) is 44.7 Å². The molecular weight excluding hydrogens is 382 g/mol. The van der Waals surface area contributed by atoms with Crippen molar-refractivity contribution in [2.45, 2.75) is 26.2 Å². The van der Waals surface area contributed by atoms with Crippen LogP contribution in [0.2, 0.25) is 0 Å². The maximum Gasteiger partial charge on any atom is 0.228 e. The summed E-state index contributed by atoms with van der Waals surface area (Å²) in [7, 11) is 2.15. The molecule has 1 amide bonds. The molecule has 0 spiro atoms. The number of benzene rings is 1. The Labute approximate surface area is 177 Å². The monoisotopic (exact) mass is 411 g/mol. The van der Waals surface area contributed by atoms with Gasteiger partial charge in [-0.3, -0.25) is 4.79 Å². The molecule has 29 heavy (non-hydrogen) atoms. The van der Waals surface area contributed by atoms with Gasteiger partial charge in [0.15, 0.2) is 5.13 Å². The van der Waals surface area contributed by atoms with E-state index in [1.807, 2.05) is 24.4 Å². The quantitative estimate of drug-likeness (QED) is 0.708. The van der Waals surface area contributed by atoms with E-state index in [-0.39, 0.29) is 18.4 Å². The molecule has 1 aliphatic heterocycles. The minimum absolute atomic E-state index is 0.0380. The molecule has 2 aromatic rings. The smallest absolute Gasteiger partial charge is 0.228 e. The molecule has 7 heteroatoms. The Morgan fingerprint density at radius 1 is 1.31 bits per heavy atom. The standard InChI is InChI=1S/C22H29N5OS/c1-16(2)13-19(21(28)24-8-7-23)17-5-4-6-18(14-17)20-15-25-22(29-20)27-11-9-26(3)10-12-27/h4-6,14-16,19H,8-13H2,1-3H3,(H,24,28). The van der Waals surface area contributed by atoms with Gasteiger partial charge < -0.3 is 15.1 Å². The lowest BCUT2D eigenvalue weighted by molar-refractivity contribution is -0.122. The molecule has 1 saturated heterocycles. The van der Waals surface area contributed by atoms with Crippen LogP contribution in [0.1, 0.15) is 31.7 Å². The van der Waals surface area contributed by atoms with Gasteiger partial charge in [0.25, 0.3) is 0 Å². The van der Waals surface area contributed by atoms with Crippen LogP contribution in [-0.4, -0.2) is 55.6 Å². The van der Waals surface area contributed by atoms with Gasteiger partial charge in [0.1, 0.15) is 6.54 Å². The number of aromatic nitrogens is 1. The molecule has 0 saturated carbocycles. The van der Waals surface area contributed by atoms with E-state index in [0.717, 1.165) is 53.7 Å². The maximum absolute atomic E-state index is 12.6. The molecule has 6 nitrogen and oxygen atoms in total. The highest BCUT2D eigenvalue weighted by atomic mass is 32.1. The molecule has 0 radical (unpaired) electrons. The molecule has 154 valence electrons. The van der Waals surface area contributed by atoms with Gasteiger partial charge in [-0.25, -0.2) is 4.98 Å². The van der Waals surface area contributed by atoms with E-state index in [0.29, 0.717) is 5.92 Å². The summed E-state index contributed by atoms with van der Waals surface area (Å²) in [5.74, 6) is 0.0388. The number of carbonyl (C=O) groups excluding carboxylic acids is 1. The summed E-state index contributed by atoms with van der Waals surface area (Å²) in [4.78, 5) is 23.1. The fourth-order valence-corrected chi connectivity index (χ4v) is 4.53. The summed E-state index contributed by atoms with van der Waals surface area (Å²) in [6, 6.07) is 10.2. The minimum atomic E-state index is -0.256. The first kappa shape index (κ1) is 21.3. The molecule has 2 heterocycles. The van der Waals surface area contributed by atoms with Crippen LogP contribution < -0.4 is 10.2 Å². The Morgan fingerprint density at radius 3 is 2.76 bits per heavy atom. The van der Waals surface area contributed by atoms with E-state index in [4.69, 9.17) is 5.26 Å². The van der Waals surface area contributed by atoms with Crippen LogP contribution in [0.25, 0.3) is 10.4 Å². The predicted molar refractivity (Wildman–Crippen MR) is 118 cm³/mol. The van der Waals surface area contributed by atoms with Crippen molar-refractivity contribution in [3.63, 3.8) is 0 Å². The summed E-state index contributed by atoms with van der Waals surface area (Å²) < 4.78 is 0. The third kappa shape index (κ3) is 5.55. The van der Waals surface area contributed by atoms with Crippen LogP contribution in [0.5, 0.6) is 0 Å². The number of anilines is 1. The van der Waals surface area contributed by atoms with E-state index in [9.17, 15) is 4.79 Å². The van der Waals surface area contributed by atoms with E-state index in [2.05, 4.69) is 53.1 Å². The molecule has 1 aromatic heterocycles. The van der Waals surface area contributed by atoms with Crippen molar-refractivity contribution in [2.24, 2.45) is 5.92 Å². The van der Waals surface area contributed by atoms with Gasteiger partial charge in [0.05, 0.1) is 16.9 Å². The highest BCUT2D eigenvalue weighted by Gasteiger charge is 2.23. The molecule has 1 aromatic carbocycles. The molecule has 1 fully saturated rings. The van der Waals surface area contributed by atoms with E-state index >= 15 is 0 Å². The summed E-state index contributed by atoms with van der Waals surface area (Å²) in [5, 5.41) is 12.6. The van der Waals surface area contributed by atoms with E-state index < -0.39 is 0 Å². The molecule has 1 unspecified atom stereocenters. The summed E-state index contributed by atoms with van der Waals surface area (Å²) in [5.41, 5.74) is 2.07. The van der Waals surface area contributed by atoms with Crippen molar-refractivity contribution < 1.29 is 4.79 Å². The zero-order valence-electron chi connectivity index (χ0n) is 17.4. The van der Waals surface area contributed by atoms with E-state index in [1.165, 1.54) is 0 Å². The second kappa shape index (κ2) is 9.86. The van der Waals surface area contributed by atoms with Crippen molar-refractivity contribution in [1.29, 1.82) is 5.26 Å². The number of hydrogen-bond donors (Lipinski definition) is 1. The van der Waals surface area contributed by atoms with Crippen LogP contribution in [0.3, 0.4) is 0 Å². The van der Waals surface area contributed by atoms with Crippen LogP contribution >= 0.6 is 11.3 Å². The number of nitriles is 1. The van der Waals surface area contributed by atoms with Gasteiger partial charge in [-0.2, -0.15) is 5.26 Å². The Hall–Kier alpha value is -2.43. The summed E-state index contributed by atoms with van der Waals surface area (Å²) in [6.45, 7) is 8.37. The zero-order chi connectivity index (χ0) is 20.8. The van der Waals surface area contributed by atoms with Gasteiger partial charge in [-0.1, -0.05) is 43.4 Å². The molecular formula is C22H29N5OS. The number of nitrogens with zero attached hydrogens (tertiary/aromatic N) is 4. The average Bonchev–Trinajstić information content (AvgIpc) is 3.21. The first-order valence-electron chi connectivity index (χ1n) is 10.1. The Kier molecular flexibility index (Phi) is 7.24. The second-order valence-electron chi connectivity index (χ2n) is 7.98. The second-order valence-corrected chi connectivity index (χ2v) is 8.99. The lowest BCUT2D eigenvalue weighted by Gasteiger charge is -2.32. The molecule has 0 aliphatic carbocycles. The summed E-state index contributed by atoms with van der Waals surface area (Å²) in [6.07, 6.45) is 2.68. The number of thiazole rings is 1. The molecule has 1 aliphatic rings. The van der Waals surface area contributed by atoms with Crippen LogP contribution in [0.4, 0.5) is 5.13 Å². The fraction of sp³-hybridized carbons (Fsp3) is 0.500. The third-order valence-corrected chi connectivity index (χ3v) is 6.31. The van der Waals surface area contributed by atoms with Crippen LogP contribution in [-0.2, 0) is 4.79 Å². The van der Waals surface area contributed by atoms with Crippen molar-refractivity contribution in [3.8, 4) is 16.5 Å². The van der Waals surface area contributed by atoms with Gasteiger partial charge in [-0.15, -0.1) is 0 Å². The topological polar surface area (TPSA) is 72.3 Å². The van der Waals surface area contributed by atoms with E-state index in [1.54, 1.807) is 11.3 Å². The van der Waals surface area contributed by atoms with Crippen LogP contribution in [0.15, 0.2) is 30.5 Å². The highest BCUT2D eigenvalue weighted by Crippen LogP contribution is 2.34. The Morgan fingerprint density at radius 2 is 2.07 bits per heavy atom. The predicted octanol–water partition coefficient (Wildman–Crippen LogP) is 3.33. The number of rotatable bonds is 7. The SMILES string of the molecule is CC(C)CC(C(=O)NCC#N)c1cccc(-c2cnc(N3CCN(C)CC3)s2)c1. The minimum Gasteiger partial charge on any atom is -0.346 e. The average molecular weight is 412 g/mol. The Bertz CT molecular complexity index is 864. The van der Waals surface area contributed by atoms with Crippen molar-refractivity contribution in [1.82, 2.24) is 15.2 Å². The lowest BCUT2D eigenvalue weighted by atomic mass is 9.88. The first-order valence-corrected chi connectivity index (χ1v) is 10.9. The maximum atomic E-state index is 12.6. The zero-order valence-corrected chi connectivity index (χ0v) is 18.2. The van der Waals surface area contributed by atoms with Gasteiger partial charge >= 0.3 is 0 Å². The lowest BCUT2D eigenvalue weighted by Crippen LogP contribution is -2.44. The van der Waals surface area contributed by atoms with Gasteiger partial charge in [-0.05, 0) is 36.6 Å². The van der Waals surface area contributed by atoms with Crippen LogP contribution in [0, 0.1) is 17.2 Å². The molecule has 1 atom stereocenters. The summed E-state index contributed by atoms with van der Waals surface area (Å²) >= 11 is 1.70. The largest absolute Gasteiger partial charge is 0.346 e. The number of amides is 1.